The minimum absolute atomic E-state index is 0.0694. The van der Waals surface area contributed by atoms with Gasteiger partial charge in [-0.15, -0.1) is 13.2 Å². The fraction of sp³-hybridized carbons (Fsp3) is 0.417. The molecular formula is C24H24F3NO4. The van der Waals surface area contributed by atoms with Gasteiger partial charge in [-0.25, -0.2) is 0 Å². The van der Waals surface area contributed by atoms with Crippen molar-refractivity contribution >= 4 is 17.6 Å². The Morgan fingerprint density at radius 2 is 1.88 bits per heavy atom. The number of halogens is 3. The van der Waals surface area contributed by atoms with Crippen molar-refractivity contribution in [3.63, 3.8) is 0 Å². The number of ether oxygens (including phenoxy) is 1. The summed E-state index contributed by atoms with van der Waals surface area (Å²) >= 11 is 0. The Kier molecular flexibility index (Phi) is 5.02. The quantitative estimate of drug-likeness (QED) is 0.682. The molecule has 2 atom stereocenters. The summed E-state index contributed by atoms with van der Waals surface area (Å²) in [5.41, 5.74) is 3.32. The normalized spacial score (nSPS) is 21.8. The number of alkyl halides is 3. The number of hydrogen-bond acceptors (Lipinski definition) is 3. The van der Waals surface area contributed by atoms with Gasteiger partial charge >= 0.3 is 12.3 Å². The molecule has 0 radical (unpaired) electrons. The van der Waals surface area contributed by atoms with Crippen molar-refractivity contribution in [2.24, 2.45) is 5.92 Å². The molecule has 1 fully saturated rings. The van der Waals surface area contributed by atoms with Crippen LogP contribution < -0.4 is 9.64 Å². The van der Waals surface area contributed by atoms with Gasteiger partial charge in [0, 0.05) is 30.1 Å². The maximum absolute atomic E-state index is 13.1. The predicted octanol–water partition coefficient (Wildman–Crippen LogP) is 5.39. The van der Waals surface area contributed by atoms with Gasteiger partial charge in [0.05, 0.1) is 5.92 Å². The Bertz CT molecular complexity index is 1120. The number of amides is 1. The minimum Gasteiger partial charge on any atom is -0.481 e. The molecule has 1 amide bonds. The predicted molar refractivity (Wildman–Crippen MR) is 113 cm³/mol. The van der Waals surface area contributed by atoms with Crippen LogP contribution >= 0.6 is 0 Å². The molecule has 2 aliphatic rings. The molecule has 1 aliphatic heterocycles. The first-order valence-electron chi connectivity index (χ1n) is 10.3. The number of anilines is 1. The first kappa shape index (κ1) is 22.2. The summed E-state index contributed by atoms with van der Waals surface area (Å²) in [6.45, 7) is 5.74. The number of aryl methyl sites for hydroxylation is 1. The van der Waals surface area contributed by atoms with Gasteiger partial charge in [0.25, 0.3) is 0 Å². The maximum atomic E-state index is 13.1. The molecule has 2 aromatic rings. The van der Waals surface area contributed by atoms with Crippen molar-refractivity contribution in [3.8, 4) is 16.9 Å². The van der Waals surface area contributed by atoms with Crippen LogP contribution in [-0.2, 0) is 15.0 Å². The van der Waals surface area contributed by atoms with E-state index in [1.807, 2.05) is 26.8 Å². The molecule has 170 valence electrons. The molecule has 0 bridgehead atoms. The lowest BCUT2D eigenvalue weighted by Gasteiger charge is -2.37. The third kappa shape index (κ3) is 3.94. The van der Waals surface area contributed by atoms with Crippen molar-refractivity contribution in [2.75, 3.05) is 11.9 Å². The van der Waals surface area contributed by atoms with Gasteiger partial charge in [0.1, 0.15) is 5.75 Å². The average molecular weight is 447 g/mol. The van der Waals surface area contributed by atoms with E-state index < -0.39 is 23.7 Å². The second-order valence-electron chi connectivity index (χ2n) is 9.29. The fourth-order valence-corrected chi connectivity index (χ4v) is 4.57. The average Bonchev–Trinajstić information content (AvgIpc) is 3.46. The standard InChI is InChI=1S/C24H24F3NO4/c1-12-7-18-19(28(4)21(29)11-23(18,2)3)10-14(12)16-8-13(15-9-17(15)22(30)31)5-6-20(16)32-24(25,26)27/h5-8,10,15,17H,9,11H2,1-4H3,(H,30,31). The Balaban J connectivity index is 1.88. The topological polar surface area (TPSA) is 66.8 Å². The van der Waals surface area contributed by atoms with Gasteiger partial charge in [-0.3, -0.25) is 9.59 Å². The van der Waals surface area contributed by atoms with Crippen LogP contribution in [0.2, 0.25) is 0 Å². The van der Waals surface area contributed by atoms with Gasteiger partial charge in [0.2, 0.25) is 5.91 Å². The molecule has 1 aliphatic carbocycles. The first-order chi connectivity index (χ1) is 14.8. The lowest BCUT2D eigenvalue weighted by molar-refractivity contribution is -0.274. The SMILES string of the molecule is Cc1cc2c(cc1-c1cc(C3CC3C(=O)O)ccc1OC(F)(F)F)N(C)C(=O)CC2(C)C. The van der Waals surface area contributed by atoms with Crippen LogP contribution in [0, 0.1) is 12.8 Å². The smallest absolute Gasteiger partial charge is 0.481 e. The highest BCUT2D eigenvalue weighted by Gasteiger charge is 2.44. The monoisotopic (exact) mass is 447 g/mol. The molecule has 2 aromatic carbocycles. The molecule has 4 rings (SSSR count). The summed E-state index contributed by atoms with van der Waals surface area (Å²) in [6, 6.07) is 7.96. The molecule has 1 N–H and O–H groups in total. The van der Waals surface area contributed by atoms with Crippen LogP contribution in [0.25, 0.3) is 11.1 Å². The fourth-order valence-electron chi connectivity index (χ4n) is 4.57. The van der Waals surface area contributed by atoms with Crippen LogP contribution in [0.4, 0.5) is 18.9 Å². The Hall–Kier alpha value is -3.03. The first-order valence-corrected chi connectivity index (χ1v) is 10.3. The molecule has 5 nitrogen and oxygen atoms in total. The van der Waals surface area contributed by atoms with Gasteiger partial charge in [-0.1, -0.05) is 26.0 Å². The lowest BCUT2D eigenvalue weighted by atomic mass is 9.76. The van der Waals surface area contributed by atoms with Crippen LogP contribution in [0.15, 0.2) is 30.3 Å². The second-order valence-corrected chi connectivity index (χ2v) is 9.29. The zero-order valence-corrected chi connectivity index (χ0v) is 18.2. The molecule has 2 unspecified atom stereocenters. The summed E-state index contributed by atoms with van der Waals surface area (Å²) in [5.74, 6) is -2.13. The molecule has 32 heavy (non-hydrogen) atoms. The zero-order valence-electron chi connectivity index (χ0n) is 18.2. The van der Waals surface area contributed by atoms with E-state index in [0.717, 1.165) is 11.1 Å². The number of rotatable bonds is 4. The number of nitrogens with zero attached hydrogens (tertiary/aromatic N) is 1. The summed E-state index contributed by atoms with van der Waals surface area (Å²) in [4.78, 5) is 25.3. The van der Waals surface area contributed by atoms with E-state index >= 15 is 0 Å². The van der Waals surface area contributed by atoms with E-state index in [4.69, 9.17) is 0 Å². The number of hydrogen-bond donors (Lipinski definition) is 1. The van der Waals surface area contributed by atoms with Crippen molar-refractivity contribution in [2.45, 2.75) is 51.3 Å². The molecule has 0 spiro atoms. The highest BCUT2D eigenvalue weighted by atomic mass is 19.4. The number of benzene rings is 2. The highest BCUT2D eigenvalue weighted by molar-refractivity contribution is 5.98. The number of carboxylic acids is 1. The molecule has 1 saturated carbocycles. The Morgan fingerprint density at radius 1 is 1.19 bits per heavy atom. The van der Waals surface area contributed by atoms with Crippen LogP contribution in [0.1, 0.15) is 49.3 Å². The van der Waals surface area contributed by atoms with Crippen molar-refractivity contribution in [3.05, 3.63) is 47.0 Å². The van der Waals surface area contributed by atoms with Gasteiger partial charge < -0.3 is 14.7 Å². The van der Waals surface area contributed by atoms with E-state index in [2.05, 4.69) is 4.74 Å². The van der Waals surface area contributed by atoms with Crippen LogP contribution in [0.5, 0.6) is 5.75 Å². The zero-order chi connectivity index (χ0) is 23.6. The van der Waals surface area contributed by atoms with E-state index in [1.54, 1.807) is 19.2 Å². The summed E-state index contributed by atoms with van der Waals surface area (Å²) in [7, 11) is 1.65. The van der Waals surface area contributed by atoms with Crippen molar-refractivity contribution < 1.29 is 32.6 Å². The van der Waals surface area contributed by atoms with E-state index in [1.165, 1.54) is 17.0 Å². The Morgan fingerprint density at radius 3 is 2.47 bits per heavy atom. The Labute approximate surface area is 183 Å². The number of carbonyl (C=O) groups excluding carboxylic acids is 1. The van der Waals surface area contributed by atoms with Gasteiger partial charge in [-0.05, 0) is 59.7 Å². The van der Waals surface area contributed by atoms with E-state index in [9.17, 15) is 27.9 Å². The summed E-state index contributed by atoms with van der Waals surface area (Å²) < 4.78 is 43.6. The lowest BCUT2D eigenvalue weighted by Crippen LogP contribution is -2.39. The number of carbonyl (C=O) groups is 2. The summed E-state index contributed by atoms with van der Waals surface area (Å²) in [5, 5.41) is 9.25. The summed E-state index contributed by atoms with van der Waals surface area (Å²) in [6.07, 6.45) is -4.09. The third-order valence-corrected chi connectivity index (χ3v) is 6.46. The molecule has 8 heteroatoms. The van der Waals surface area contributed by atoms with E-state index in [0.29, 0.717) is 29.7 Å². The number of aliphatic carboxylic acids is 1. The molecule has 1 heterocycles. The van der Waals surface area contributed by atoms with Crippen molar-refractivity contribution in [1.29, 1.82) is 0 Å². The van der Waals surface area contributed by atoms with Crippen LogP contribution in [0.3, 0.4) is 0 Å². The van der Waals surface area contributed by atoms with Crippen LogP contribution in [-0.4, -0.2) is 30.4 Å². The second kappa shape index (κ2) is 7.25. The minimum atomic E-state index is -4.88. The highest BCUT2D eigenvalue weighted by Crippen LogP contribution is 2.50. The maximum Gasteiger partial charge on any atom is 0.573 e. The van der Waals surface area contributed by atoms with E-state index in [-0.39, 0.29) is 23.1 Å². The third-order valence-electron chi connectivity index (χ3n) is 6.46. The number of carboxylic acid groups (broad SMARTS) is 1. The molecule has 0 saturated heterocycles. The van der Waals surface area contributed by atoms with Gasteiger partial charge in [-0.2, -0.15) is 0 Å². The molecular weight excluding hydrogens is 423 g/mol. The molecule has 0 aromatic heterocycles. The van der Waals surface area contributed by atoms with Gasteiger partial charge in [0.15, 0.2) is 0 Å². The number of fused-ring (bicyclic) bond motifs is 1. The largest absolute Gasteiger partial charge is 0.573 e. The van der Waals surface area contributed by atoms with Crippen molar-refractivity contribution in [1.82, 2.24) is 0 Å².